The second-order valence-corrected chi connectivity index (χ2v) is 7.11. The van der Waals surface area contributed by atoms with E-state index in [-0.39, 0.29) is 12.1 Å². The monoisotopic (exact) mass is 362 g/mol. The summed E-state index contributed by atoms with van der Waals surface area (Å²) in [6.45, 7) is 9.03. The Morgan fingerprint density at radius 2 is 1.96 bits per heavy atom. The zero-order valence-electron chi connectivity index (χ0n) is 16.2. The van der Waals surface area contributed by atoms with Gasteiger partial charge in [0.1, 0.15) is 6.10 Å². The van der Waals surface area contributed by atoms with Crippen molar-refractivity contribution in [2.45, 2.75) is 64.6 Å². The highest BCUT2D eigenvalue weighted by atomic mass is 16.8. The first-order valence-electron chi connectivity index (χ1n) is 9.17. The van der Waals surface area contributed by atoms with Crippen LogP contribution in [0.4, 0.5) is 0 Å². The molecule has 0 bridgehead atoms. The summed E-state index contributed by atoms with van der Waals surface area (Å²) < 4.78 is 23.0. The van der Waals surface area contributed by atoms with Crippen LogP contribution in [0.1, 0.15) is 46.1 Å². The van der Waals surface area contributed by atoms with Crippen LogP contribution in [-0.4, -0.2) is 36.7 Å². The topological polar surface area (TPSA) is 54.0 Å². The summed E-state index contributed by atoms with van der Waals surface area (Å²) >= 11 is 0. The maximum Gasteiger partial charge on any atom is 0.330 e. The maximum atomic E-state index is 11.4. The molecule has 26 heavy (non-hydrogen) atoms. The lowest BCUT2D eigenvalue weighted by molar-refractivity contribution is -0.163. The number of hydrogen-bond donors (Lipinski definition) is 0. The van der Waals surface area contributed by atoms with E-state index >= 15 is 0 Å². The molecule has 144 valence electrons. The standard InChI is InChI=1S/C21H30O5/c1-5-24-19(22)13-9-10-14-21(4)18(25-20(2,3)26-21)16-23-15-17-11-7-6-8-12-17/h6-9,11-13,18H,5,10,14-16H2,1-4H3/b13-9+/t18-,21+/m0/s1. The Bertz CT molecular complexity index is 596. The van der Waals surface area contributed by atoms with Gasteiger partial charge < -0.3 is 18.9 Å². The number of rotatable bonds is 9. The minimum Gasteiger partial charge on any atom is -0.463 e. The third-order valence-corrected chi connectivity index (χ3v) is 4.31. The molecule has 1 fully saturated rings. The van der Waals surface area contributed by atoms with Crippen LogP contribution < -0.4 is 0 Å². The average Bonchev–Trinajstić information content (AvgIpc) is 2.82. The predicted molar refractivity (Wildman–Crippen MR) is 99.5 cm³/mol. The molecule has 2 rings (SSSR count). The number of esters is 1. The average molecular weight is 362 g/mol. The van der Waals surface area contributed by atoms with Gasteiger partial charge in [0.05, 0.1) is 25.4 Å². The van der Waals surface area contributed by atoms with Crippen LogP contribution in [0, 0.1) is 0 Å². The predicted octanol–water partition coefficient (Wildman–Crippen LogP) is 4.01. The highest BCUT2D eigenvalue weighted by Crippen LogP contribution is 2.39. The number of hydrogen-bond acceptors (Lipinski definition) is 5. The van der Waals surface area contributed by atoms with Crippen LogP contribution >= 0.6 is 0 Å². The summed E-state index contributed by atoms with van der Waals surface area (Å²) in [5.74, 6) is -0.968. The minimum atomic E-state index is -0.652. The van der Waals surface area contributed by atoms with Gasteiger partial charge in [-0.05, 0) is 46.1 Å². The van der Waals surface area contributed by atoms with Crippen molar-refractivity contribution in [2.24, 2.45) is 0 Å². The molecule has 5 heteroatoms. The molecule has 0 aliphatic carbocycles. The van der Waals surface area contributed by atoms with Crippen LogP contribution in [-0.2, 0) is 30.3 Å². The van der Waals surface area contributed by atoms with Crippen molar-refractivity contribution >= 4 is 5.97 Å². The summed E-state index contributed by atoms with van der Waals surface area (Å²) in [5, 5.41) is 0. The molecule has 0 aromatic heterocycles. The van der Waals surface area contributed by atoms with Gasteiger partial charge in [0.25, 0.3) is 0 Å². The second-order valence-electron chi connectivity index (χ2n) is 7.11. The third-order valence-electron chi connectivity index (χ3n) is 4.31. The van der Waals surface area contributed by atoms with Gasteiger partial charge >= 0.3 is 5.97 Å². The van der Waals surface area contributed by atoms with Crippen molar-refractivity contribution in [1.29, 1.82) is 0 Å². The second kappa shape index (κ2) is 9.31. The Balaban J connectivity index is 1.87. The molecule has 1 aromatic carbocycles. The molecular weight excluding hydrogens is 332 g/mol. The van der Waals surface area contributed by atoms with E-state index in [4.69, 9.17) is 18.9 Å². The Labute approximate surface area is 156 Å². The molecule has 1 aliphatic heterocycles. The van der Waals surface area contributed by atoms with E-state index in [9.17, 15) is 4.79 Å². The first-order valence-corrected chi connectivity index (χ1v) is 9.17. The molecule has 2 atom stereocenters. The van der Waals surface area contributed by atoms with Gasteiger partial charge in [0, 0.05) is 6.08 Å². The number of benzene rings is 1. The van der Waals surface area contributed by atoms with E-state index in [0.717, 1.165) is 12.0 Å². The SMILES string of the molecule is CCOC(=O)/C=C/CC[C@@]1(C)OC(C)(C)O[C@H]1COCc1ccccc1. The van der Waals surface area contributed by atoms with Crippen molar-refractivity contribution < 1.29 is 23.7 Å². The first-order chi connectivity index (χ1) is 12.3. The van der Waals surface area contributed by atoms with Gasteiger partial charge in [-0.15, -0.1) is 0 Å². The zero-order chi connectivity index (χ0) is 19.0. The number of ether oxygens (including phenoxy) is 4. The molecular formula is C21H30O5. The van der Waals surface area contributed by atoms with Crippen molar-refractivity contribution in [3.8, 4) is 0 Å². The van der Waals surface area contributed by atoms with E-state index in [0.29, 0.717) is 26.2 Å². The zero-order valence-corrected chi connectivity index (χ0v) is 16.2. The van der Waals surface area contributed by atoms with Gasteiger partial charge in [-0.25, -0.2) is 4.79 Å². The Morgan fingerprint density at radius 1 is 1.23 bits per heavy atom. The molecule has 0 saturated carbocycles. The highest BCUT2D eigenvalue weighted by molar-refractivity contribution is 5.81. The number of carbonyl (C=O) groups excluding carboxylic acids is 1. The fraction of sp³-hybridized carbons (Fsp3) is 0.571. The van der Waals surface area contributed by atoms with E-state index < -0.39 is 11.4 Å². The van der Waals surface area contributed by atoms with E-state index in [1.54, 1.807) is 6.92 Å². The van der Waals surface area contributed by atoms with E-state index in [1.807, 2.05) is 57.2 Å². The highest BCUT2D eigenvalue weighted by Gasteiger charge is 2.49. The largest absolute Gasteiger partial charge is 0.463 e. The Hall–Kier alpha value is -1.69. The van der Waals surface area contributed by atoms with Crippen LogP contribution in [0.5, 0.6) is 0 Å². The minimum absolute atomic E-state index is 0.169. The molecule has 1 aliphatic rings. The van der Waals surface area contributed by atoms with Crippen molar-refractivity contribution in [1.82, 2.24) is 0 Å². The molecule has 0 N–H and O–H groups in total. The molecule has 1 aromatic rings. The van der Waals surface area contributed by atoms with Gasteiger partial charge in [-0.1, -0.05) is 36.4 Å². The van der Waals surface area contributed by atoms with Crippen LogP contribution in [0.3, 0.4) is 0 Å². The molecule has 1 heterocycles. The Kier molecular flexibility index (Phi) is 7.38. The third kappa shape index (κ3) is 6.24. The van der Waals surface area contributed by atoms with Crippen LogP contribution in [0.25, 0.3) is 0 Å². The molecule has 0 amide bonds. The summed E-state index contributed by atoms with van der Waals surface area (Å²) in [7, 11) is 0. The first kappa shape index (κ1) is 20.6. The van der Waals surface area contributed by atoms with Crippen molar-refractivity contribution in [3.05, 3.63) is 48.0 Å². The molecule has 0 radical (unpaired) electrons. The van der Waals surface area contributed by atoms with Crippen LogP contribution in [0.15, 0.2) is 42.5 Å². The van der Waals surface area contributed by atoms with Gasteiger partial charge in [0.15, 0.2) is 5.79 Å². The fourth-order valence-corrected chi connectivity index (χ4v) is 3.14. The molecule has 0 unspecified atom stereocenters. The molecule has 1 saturated heterocycles. The van der Waals surface area contributed by atoms with Gasteiger partial charge in [-0.2, -0.15) is 0 Å². The smallest absolute Gasteiger partial charge is 0.330 e. The van der Waals surface area contributed by atoms with E-state index in [1.165, 1.54) is 6.08 Å². The molecule has 0 spiro atoms. The van der Waals surface area contributed by atoms with Crippen molar-refractivity contribution in [2.75, 3.05) is 13.2 Å². The quantitative estimate of drug-likeness (QED) is 0.491. The summed E-state index contributed by atoms with van der Waals surface area (Å²) in [6.07, 6.45) is 4.54. The summed E-state index contributed by atoms with van der Waals surface area (Å²) in [6, 6.07) is 10.1. The lowest BCUT2D eigenvalue weighted by Gasteiger charge is -2.28. The van der Waals surface area contributed by atoms with Crippen LogP contribution in [0.2, 0.25) is 0 Å². The van der Waals surface area contributed by atoms with Gasteiger partial charge in [-0.3, -0.25) is 0 Å². The summed E-state index contributed by atoms with van der Waals surface area (Å²) in [5.41, 5.74) is 0.656. The van der Waals surface area contributed by atoms with Gasteiger partial charge in [0.2, 0.25) is 0 Å². The molecule has 5 nitrogen and oxygen atoms in total. The number of allylic oxidation sites excluding steroid dienone is 1. The lowest BCUT2D eigenvalue weighted by atomic mass is 9.93. The van der Waals surface area contributed by atoms with Crippen molar-refractivity contribution in [3.63, 3.8) is 0 Å². The normalized spacial score (nSPS) is 24.8. The fourth-order valence-electron chi connectivity index (χ4n) is 3.14. The maximum absolute atomic E-state index is 11.4. The summed E-state index contributed by atoms with van der Waals surface area (Å²) in [4.78, 5) is 11.4. The van der Waals surface area contributed by atoms with E-state index in [2.05, 4.69) is 0 Å². The number of carbonyl (C=O) groups is 1. The lowest BCUT2D eigenvalue weighted by Crippen LogP contribution is -2.39. The Morgan fingerprint density at radius 3 is 2.65 bits per heavy atom.